The molecule has 0 fully saturated rings. The number of carboxylic acid groups (broad SMARTS) is 1. The summed E-state index contributed by atoms with van der Waals surface area (Å²) in [5.74, 6) is -0.197. The number of pyridine rings is 1. The van der Waals surface area contributed by atoms with Gasteiger partial charge in [0, 0.05) is 30.4 Å². The smallest absolute Gasteiger partial charge is 0.354 e. The van der Waals surface area contributed by atoms with Gasteiger partial charge in [0.1, 0.15) is 28.6 Å². The molecule has 0 radical (unpaired) electrons. The highest BCUT2D eigenvalue weighted by atomic mass is 19.1. The second-order valence-electron chi connectivity index (χ2n) is 6.24. The zero-order valence-electron chi connectivity index (χ0n) is 15.8. The summed E-state index contributed by atoms with van der Waals surface area (Å²) in [6.07, 6.45) is 1.35. The Kier molecular flexibility index (Phi) is 5.17. The lowest BCUT2D eigenvalue weighted by molar-refractivity contribution is 0.0690. The van der Waals surface area contributed by atoms with Gasteiger partial charge in [-0.3, -0.25) is 0 Å². The molecule has 30 heavy (non-hydrogen) atoms. The topological polar surface area (TPSA) is 107 Å². The predicted molar refractivity (Wildman–Crippen MR) is 106 cm³/mol. The van der Waals surface area contributed by atoms with E-state index in [0.717, 1.165) is 0 Å². The summed E-state index contributed by atoms with van der Waals surface area (Å²) in [5.41, 5.74) is 1.32. The van der Waals surface area contributed by atoms with E-state index in [9.17, 15) is 9.18 Å². The van der Waals surface area contributed by atoms with Crippen LogP contribution in [0.25, 0.3) is 11.1 Å². The van der Waals surface area contributed by atoms with Crippen molar-refractivity contribution in [1.82, 2.24) is 9.97 Å². The third kappa shape index (κ3) is 4.14. The van der Waals surface area contributed by atoms with Crippen LogP contribution < -0.4 is 14.8 Å². The average molecular weight is 409 g/mol. The lowest BCUT2D eigenvalue weighted by Gasteiger charge is -2.06. The molecule has 4 rings (SSSR count). The van der Waals surface area contributed by atoms with Crippen molar-refractivity contribution in [3.63, 3.8) is 0 Å². The van der Waals surface area contributed by atoms with Gasteiger partial charge in [-0.25, -0.2) is 14.2 Å². The molecule has 2 heterocycles. The number of rotatable bonds is 7. The van der Waals surface area contributed by atoms with Crippen LogP contribution in [0.3, 0.4) is 0 Å². The van der Waals surface area contributed by atoms with Crippen molar-refractivity contribution >= 4 is 23.1 Å². The van der Waals surface area contributed by atoms with Crippen molar-refractivity contribution in [2.75, 3.05) is 12.4 Å². The van der Waals surface area contributed by atoms with E-state index >= 15 is 0 Å². The molecule has 8 nitrogen and oxygen atoms in total. The second kappa shape index (κ2) is 8.08. The van der Waals surface area contributed by atoms with Crippen molar-refractivity contribution in [2.45, 2.75) is 6.54 Å². The largest absolute Gasteiger partial charge is 0.497 e. The molecule has 0 aliphatic heterocycles. The van der Waals surface area contributed by atoms with Crippen molar-refractivity contribution in [3.05, 3.63) is 71.8 Å². The first kappa shape index (κ1) is 19.2. The molecule has 2 aromatic carbocycles. The van der Waals surface area contributed by atoms with E-state index in [1.807, 2.05) is 0 Å². The van der Waals surface area contributed by atoms with Crippen molar-refractivity contribution in [2.24, 2.45) is 0 Å². The maximum absolute atomic E-state index is 13.9. The lowest BCUT2D eigenvalue weighted by atomic mass is 10.2. The number of nitrogens with one attached hydrogen (secondary N) is 1. The molecule has 152 valence electrons. The number of benzene rings is 2. The van der Waals surface area contributed by atoms with Crippen LogP contribution in [0, 0.1) is 5.82 Å². The molecule has 2 aromatic heterocycles. The van der Waals surface area contributed by atoms with Crippen molar-refractivity contribution < 1.29 is 28.2 Å². The van der Waals surface area contributed by atoms with Gasteiger partial charge < -0.3 is 24.3 Å². The minimum Gasteiger partial charge on any atom is -0.497 e. The number of ether oxygens (including phenoxy) is 2. The highest BCUT2D eigenvalue weighted by molar-refractivity contribution is 5.85. The third-order valence-electron chi connectivity index (χ3n) is 4.23. The molecule has 2 N–H and O–H groups in total. The first-order valence-electron chi connectivity index (χ1n) is 8.86. The van der Waals surface area contributed by atoms with E-state index in [0.29, 0.717) is 33.9 Å². The number of halogens is 1. The van der Waals surface area contributed by atoms with Crippen LogP contribution in [0.1, 0.15) is 16.1 Å². The summed E-state index contributed by atoms with van der Waals surface area (Å²) >= 11 is 0. The maximum Gasteiger partial charge on any atom is 0.354 e. The van der Waals surface area contributed by atoms with Gasteiger partial charge in [-0.1, -0.05) is 0 Å². The number of aromatic nitrogens is 2. The SMILES string of the molecule is COc1ccc(F)c(CNc2nc3ccc(Oc4ccnc(C(=O)O)c4)cc3o2)c1. The Labute approximate surface area is 169 Å². The van der Waals surface area contributed by atoms with Crippen molar-refractivity contribution in [1.29, 1.82) is 0 Å². The van der Waals surface area contributed by atoms with E-state index in [1.54, 1.807) is 36.4 Å². The molecular formula is C21H16FN3O5. The minimum atomic E-state index is -1.14. The molecule has 0 aliphatic rings. The maximum atomic E-state index is 13.9. The first-order valence-corrected chi connectivity index (χ1v) is 8.86. The number of anilines is 1. The molecule has 9 heteroatoms. The van der Waals surface area contributed by atoms with Gasteiger partial charge in [0.25, 0.3) is 6.01 Å². The summed E-state index contributed by atoms with van der Waals surface area (Å²) in [6.45, 7) is 0.161. The summed E-state index contributed by atoms with van der Waals surface area (Å²) in [7, 11) is 1.51. The van der Waals surface area contributed by atoms with Crippen LogP contribution in [0.15, 0.2) is 59.1 Å². The van der Waals surface area contributed by atoms with Crippen LogP contribution in [-0.4, -0.2) is 28.2 Å². The highest BCUT2D eigenvalue weighted by Crippen LogP contribution is 2.28. The molecule has 0 unspecified atom stereocenters. The predicted octanol–water partition coefficient (Wildman–Crippen LogP) is 4.47. The zero-order chi connectivity index (χ0) is 21.1. The molecule has 0 atom stereocenters. The zero-order valence-corrected chi connectivity index (χ0v) is 15.8. The van der Waals surface area contributed by atoms with Gasteiger partial charge in [0.05, 0.1) is 7.11 Å². The Morgan fingerprint density at radius 3 is 2.73 bits per heavy atom. The van der Waals surface area contributed by atoms with E-state index < -0.39 is 5.97 Å². The first-order chi connectivity index (χ1) is 14.5. The van der Waals surface area contributed by atoms with Crippen LogP contribution in [-0.2, 0) is 6.54 Å². The summed E-state index contributed by atoms with van der Waals surface area (Å²) < 4.78 is 30.4. The molecule has 0 spiro atoms. The average Bonchev–Trinajstić information content (AvgIpc) is 3.15. The number of carboxylic acids is 1. The Morgan fingerprint density at radius 1 is 1.13 bits per heavy atom. The summed E-state index contributed by atoms with van der Waals surface area (Å²) in [6, 6.07) is 12.6. The monoisotopic (exact) mass is 409 g/mol. The number of hydrogen-bond donors (Lipinski definition) is 2. The van der Waals surface area contributed by atoms with Crippen molar-refractivity contribution in [3.8, 4) is 17.2 Å². The fourth-order valence-corrected chi connectivity index (χ4v) is 2.76. The molecular weight excluding hydrogens is 393 g/mol. The third-order valence-corrected chi connectivity index (χ3v) is 4.23. The van der Waals surface area contributed by atoms with Gasteiger partial charge >= 0.3 is 5.97 Å². The van der Waals surface area contributed by atoms with Crippen LogP contribution in [0.2, 0.25) is 0 Å². The molecule has 0 saturated carbocycles. The molecule has 4 aromatic rings. The Hall–Kier alpha value is -4.14. The molecule has 0 aliphatic carbocycles. The lowest BCUT2D eigenvalue weighted by Crippen LogP contribution is -2.02. The van der Waals surface area contributed by atoms with Gasteiger partial charge in [0.15, 0.2) is 11.3 Å². The van der Waals surface area contributed by atoms with Crippen LogP contribution in [0.5, 0.6) is 17.2 Å². The fraction of sp³-hybridized carbons (Fsp3) is 0.0952. The van der Waals surface area contributed by atoms with Crippen LogP contribution in [0.4, 0.5) is 10.4 Å². The van der Waals surface area contributed by atoms with Gasteiger partial charge in [0.2, 0.25) is 0 Å². The Balaban J connectivity index is 1.50. The Bertz CT molecular complexity index is 1220. The quantitative estimate of drug-likeness (QED) is 0.460. The van der Waals surface area contributed by atoms with Gasteiger partial charge in [-0.05, 0) is 36.4 Å². The van der Waals surface area contributed by atoms with E-state index in [2.05, 4.69) is 15.3 Å². The molecule has 0 bridgehead atoms. The number of hydrogen-bond acceptors (Lipinski definition) is 7. The van der Waals surface area contributed by atoms with Gasteiger partial charge in [-0.2, -0.15) is 4.98 Å². The normalized spacial score (nSPS) is 10.7. The van der Waals surface area contributed by atoms with Gasteiger partial charge in [-0.15, -0.1) is 0 Å². The van der Waals surface area contributed by atoms with E-state index in [4.69, 9.17) is 19.0 Å². The highest BCUT2D eigenvalue weighted by Gasteiger charge is 2.11. The number of methoxy groups -OCH3 is 1. The standard InChI is InChI=1S/C21H16FN3O5/c1-28-13-2-4-16(22)12(8-13)11-24-21-25-17-5-3-14(10-19(17)30-21)29-15-6-7-23-18(9-15)20(26)27/h2-10H,11H2,1H3,(H,24,25)(H,26,27). The number of oxazole rings is 1. The summed E-state index contributed by atoms with van der Waals surface area (Å²) in [4.78, 5) is 19.1. The minimum absolute atomic E-state index is 0.121. The van der Waals surface area contributed by atoms with E-state index in [1.165, 1.54) is 25.4 Å². The number of fused-ring (bicyclic) bond motifs is 1. The number of carbonyl (C=O) groups is 1. The second-order valence-corrected chi connectivity index (χ2v) is 6.24. The Morgan fingerprint density at radius 2 is 1.93 bits per heavy atom. The molecule has 0 amide bonds. The number of aromatic carboxylic acids is 1. The number of nitrogens with zero attached hydrogens (tertiary/aromatic N) is 2. The fourth-order valence-electron chi connectivity index (χ4n) is 2.76. The van der Waals surface area contributed by atoms with Crippen LogP contribution >= 0.6 is 0 Å². The molecule has 0 saturated heterocycles. The van der Waals surface area contributed by atoms with E-state index in [-0.39, 0.29) is 24.1 Å². The summed E-state index contributed by atoms with van der Waals surface area (Å²) in [5, 5.41) is 12.0.